The van der Waals surface area contributed by atoms with E-state index in [0.717, 1.165) is 42.1 Å². The molecule has 148 valence electrons. The van der Waals surface area contributed by atoms with E-state index in [0.29, 0.717) is 10.9 Å². The van der Waals surface area contributed by atoms with Gasteiger partial charge in [-0.3, -0.25) is 9.78 Å². The number of carbonyl (C=O) groups is 2. The van der Waals surface area contributed by atoms with Gasteiger partial charge < -0.3 is 10.1 Å². The topological polar surface area (TPSA) is 68.3 Å². The summed E-state index contributed by atoms with van der Waals surface area (Å²) in [5.41, 5.74) is 3.25. The van der Waals surface area contributed by atoms with Crippen LogP contribution in [0.3, 0.4) is 0 Å². The summed E-state index contributed by atoms with van der Waals surface area (Å²) < 4.78 is 18.6. The Balaban J connectivity index is 1.57. The zero-order valence-electron chi connectivity index (χ0n) is 15.7. The van der Waals surface area contributed by atoms with Crippen molar-refractivity contribution in [3.8, 4) is 0 Å². The van der Waals surface area contributed by atoms with Crippen molar-refractivity contribution in [1.82, 2.24) is 4.98 Å². The van der Waals surface area contributed by atoms with Gasteiger partial charge in [0.05, 0.1) is 21.8 Å². The maximum atomic E-state index is 13.2. The molecule has 5 nitrogen and oxygen atoms in total. The van der Waals surface area contributed by atoms with Crippen LogP contribution in [0.5, 0.6) is 0 Å². The first-order valence-electron chi connectivity index (χ1n) is 9.31. The van der Waals surface area contributed by atoms with Crippen molar-refractivity contribution >= 4 is 40.1 Å². The van der Waals surface area contributed by atoms with Crippen molar-refractivity contribution in [2.24, 2.45) is 0 Å². The molecular formula is C22H18ClFN2O3. The minimum Gasteiger partial charge on any atom is -0.449 e. The number of esters is 1. The number of nitrogens with one attached hydrogen (secondary N) is 1. The van der Waals surface area contributed by atoms with Gasteiger partial charge >= 0.3 is 5.97 Å². The van der Waals surface area contributed by atoms with Gasteiger partial charge in [-0.05, 0) is 56.0 Å². The van der Waals surface area contributed by atoms with Crippen LogP contribution in [0.2, 0.25) is 5.02 Å². The summed E-state index contributed by atoms with van der Waals surface area (Å²) in [6.45, 7) is 1.48. The SMILES string of the molecule is CC(OC(=O)c1c2c(nc3ccccc13)CCC2)C(=O)Nc1ccc(F)cc1Cl. The summed E-state index contributed by atoms with van der Waals surface area (Å²) in [5, 5.41) is 3.34. The van der Waals surface area contributed by atoms with E-state index in [1.54, 1.807) is 0 Å². The lowest BCUT2D eigenvalue weighted by molar-refractivity contribution is -0.123. The van der Waals surface area contributed by atoms with E-state index in [1.165, 1.54) is 19.1 Å². The summed E-state index contributed by atoms with van der Waals surface area (Å²) in [7, 11) is 0. The highest BCUT2D eigenvalue weighted by Gasteiger charge is 2.27. The van der Waals surface area contributed by atoms with Gasteiger partial charge in [-0.25, -0.2) is 9.18 Å². The fraction of sp³-hybridized carbons (Fsp3) is 0.227. The quantitative estimate of drug-likeness (QED) is 0.630. The Morgan fingerprint density at radius 1 is 1.21 bits per heavy atom. The number of fused-ring (bicyclic) bond motifs is 2. The Bertz CT molecular complexity index is 1130. The van der Waals surface area contributed by atoms with Crippen molar-refractivity contribution in [3.63, 3.8) is 0 Å². The second-order valence-electron chi connectivity index (χ2n) is 6.94. The van der Waals surface area contributed by atoms with Crippen molar-refractivity contribution in [2.45, 2.75) is 32.3 Å². The largest absolute Gasteiger partial charge is 0.449 e. The van der Waals surface area contributed by atoms with Gasteiger partial charge in [0.2, 0.25) is 0 Å². The Labute approximate surface area is 171 Å². The lowest BCUT2D eigenvalue weighted by Crippen LogP contribution is -2.30. The summed E-state index contributed by atoms with van der Waals surface area (Å²) in [6, 6.07) is 11.0. The fourth-order valence-electron chi connectivity index (χ4n) is 3.54. The highest BCUT2D eigenvalue weighted by atomic mass is 35.5. The van der Waals surface area contributed by atoms with Gasteiger partial charge in [0, 0.05) is 11.1 Å². The molecule has 1 heterocycles. The number of halogens is 2. The number of hydrogen-bond acceptors (Lipinski definition) is 4. The van der Waals surface area contributed by atoms with Gasteiger partial charge in [0.15, 0.2) is 6.10 Å². The maximum Gasteiger partial charge on any atom is 0.339 e. The van der Waals surface area contributed by atoms with E-state index in [4.69, 9.17) is 16.3 Å². The van der Waals surface area contributed by atoms with Gasteiger partial charge in [0.1, 0.15) is 5.82 Å². The molecule has 0 saturated carbocycles. The third kappa shape index (κ3) is 3.80. The minimum atomic E-state index is -1.06. The second kappa shape index (κ2) is 7.79. The van der Waals surface area contributed by atoms with Crippen LogP contribution in [0, 0.1) is 5.82 Å². The molecule has 0 saturated heterocycles. The molecule has 3 aromatic rings. The van der Waals surface area contributed by atoms with Crippen LogP contribution >= 0.6 is 11.6 Å². The Morgan fingerprint density at radius 2 is 2.00 bits per heavy atom. The van der Waals surface area contributed by atoms with Crippen LogP contribution in [0.1, 0.15) is 35.0 Å². The second-order valence-corrected chi connectivity index (χ2v) is 7.35. The average molecular weight is 413 g/mol. The molecule has 1 aromatic heterocycles. The zero-order valence-corrected chi connectivity index (χ0v) is 16.4. The monoisotopic (exact) mass is 412 g/mol. The average Bonchev–Trinajstić information content (AvgIpc) is 3.15. The van der Waals surface area contributed by atoms with Gasteiger partial charge in [-0.2, -0.15) is 0 Å². The Kier molecular flexibility index (Phi) is 5.20. The number of nitrogens with zero attached hydrogens (tertiary/aromatic N) is 1. The molecular weight excluding hydrogens is 395 g/mol. The molecule has 0 radical (unpaired) electrons. The number of amides is 1. The van der Waals surface area contributed by atoms with Crippen LogP contribution in [0.4, 0.5) is 10.1 Å². The molecule has 4 rings (SSSR count). The first-order chi connectivity index (χ1) is 13.9. The lowest BCUT2D eigenvalue weighted by atomic mass is 10.0. The molecule has 1 atom stereocenters. The van der Waals surface area contributed by atoms with Crippen molar-refractivity contribution in [3.05, 3.63) is 70.1 Å². The number of aryl methyl sites for hydroxylation is 1. The van der Waals surface area contributed by atoms with E-state index >= 15 is 0 Å². The summed E-state index contributed by atoms with van der Waals surface area (Å²) in [5.74, 6) is -1.62. The van der Waals surface area contributed by atoms with Crippen LogP contribution in [0.25, 0.3) is 10.9 Å². The minimum absolute atomic E-state index is 0.0647. The van der Waals surface area contributed by atoms with Crippen molar-refractivity contribution in [1.29, 1.82) is 0 Å². The van der Waals surface area contributed by atoms with Gasteiger partial charge in [-0.15, -0.1) is 0 Å². The van der Waals surface area contributed by atoms with Crippen LogP contribution in [-0.4, -0.2) is 23.0 Å². The zero-order chi connectivity index (χ0) is 20.5. The first-order valence-corrected chi connectivity index (χ1v) is 9.69. The van der Waals surface area contributed by atoms with Gasteiger partial charge in [0.25, 0.3) is 5.91 Å². The van der Waals surface area contributed by atoms with Crippen molar-refractivity contribution < 1.29 is 18.7 Å². The molecule has 0 spiro atoms. The van der Waals surface area contributed by atoms with E-state index in [2.05, 4.69) is 10.3 Å². The number of benzene rings is 2. The third-order valence-electron chi connectivity index (χ3n) is 4.97. The molecule has 0 fully saturated rings. The van der Waals surface area contributed by atoms with Gasteiger partial charge in [-0.1, -0.05) is 29.8 Å². The van der Waals surface area contributed by atoms with Crippen LogP contribution in [0.15, 0.2) is 42.5 Å². The van der Waals surface area contributed by atoms with E-state index < -0.39 is 23.8 Å². The van der Waals surface area contributed by atoms with Crippen LogP contribution in [-0.2, 0) is 22.4 Å². The van der Waals surface area contributed by atoms with E-state index in [-0.39, 0.29) is 10.7 Å². The van der Waals surface area contributed by atoms with Crippen LogP contribution < -0.4 is 5.32 Å². The molecule has 1 amide bonds. The Hall–Kier alpha value is -2.99. The molecule has 1 aliphatic rings. The highest BCUT2D eigenvalue weighted by molar-refractivity contribution is 6.33. The standard InChI is InChI=1S/C22H18ClFN2O3/c1-12(21(27)26-19-10-9-13(24)11-16(19)23)29-22(28)20-14-5-2-3-7-17(14)25-18-8-4-6-15(18)20/h2-3,5,7,9-12H,4,6,8H2,1H3,(H,26,27). The lowest BCUT2D eigenvalue weighted by Gasteiger charge is -2.16. The first kappa shape index (κ1) is 19.3. The number of hydrogen-bond donors (Lipinski definition) is 1. The third-order valence-corrected chi connectivity index (χ3v) is 5.28. The number of ether oxygens (including phenoxy) is 1. The molecule has 1 unspecified atom stereocenters. The van der Waals surface area contributed by atoms with Crippen molar-refractivity contribution in [2.75, 3.05) is 5.32 Å². The van der Waals surface area contributed by atoms with E-state index in [1.807, 2.05) is 24.3 Å². The number of pyridine rings is 1. The van der Waals surface area contributed by atoms with E-state index in [9.17, 15) is 14.0 Å². The number of carbonyl (C=O) groups excluding carboxylic acids is 2. The summed E-state index contributed by atoms with van der Waals surface area (Å²) in [6.07, 6.45) is 1.44. The number of para-hydroxylation sites is 1. The summed E-state index contributed by atoms with van der Waals surface area (Å²) in [4.78, 5) is 30.1. The fourth-order valence-corrected chi connectivity index (χ4v) is 3.76. The number of rotatable bonds is 4. The smallest absolute Gasteiger partial charge is 0.339 e. The number of anilines is 1. The Morgan fingerprint density at radius 3 is 2.79 bits per heavy atom. The maximum absolute atomic E-state index is 13.2. The highest BCUT2D eigenvalue weighted by Crippen LogP contribution is 2.31. The molecule has 7 heteroatoms. The number of aromatic nitrogens is 1. The predicted octanol–water partition coefficient (Wildman–Crippen LogP) is 4.70. The molecule has 0 bridgehead atoms. The molecule has 0 aliphatic heterocycles. The molecule has 2 aromatic carbocycles. The summed E-state index contributed by atoms with van der Waals surface area (Å²) >= 11 is 5.94. The molecule has 1 N–H and O–H groups in total. The molecule has 1 aliphatic carbocycles. The molecule has 29 heavy (non-hydrogen) atoms. The predicted molar refractivity (Wildman–Crippen MR) is 109 cm³/mol. The normalized spacial score (nSPS) is 13.8.